The SMILES string of the molecule is CC(C)CNC(=O)[C@H](Cc1ccccc1)N(Cc1ccc(F)cc1)C(=O)COc1ccccc1C(C)(C)C. The number of nitrogens with one attached hydrogen (secondary N) is 1. The summed E-state index contributed by atoms with van der Waals surface area (Å²) in [4.78, 5) is 28.8. The van der Waals surface area contributed by atoms with Crippen molar-refractivity contribution < 1.29 is 18.7 Å². The quantitative estimate of drug-likeness (QED) is 0.343. The predicted molar refractivity (Wildman–Crippen MR) is 149 cm³/mol. The maximum Gasteiger partial charge on any atom is 0.261 e. The number of para-hydroxylation sites is 1. The van der Waals surface area contributed by atoms with Crippen molar-refractivity contribution in [3.63, 3.8) is 0 Å². The Labute approximate surface area is 226 Å². The van der Waals surface area contributed by atoms with Gasteiger partial charge in [-0.1, -0.05) is 95.3 Å². The summed E-state index contributed by atoms with van der Waals surface area (Å²) in [5.74, 6) is -0.00945. The highest BCUT2D eigenvalue weighted by atomic mass is 19.1. The summed E-state index contributed by atoms with van der Waals surface area (Å²) in [6.45, 7) is 10.7. The van der Waals surface area contributed by atoms with Gasteiger partial charge in [0.2, 0.25) is 5.91 Å². The summed E-state index contributed by atoms with van der Waals surface area (Å²) >= 11 is 0. The number of amides is 2. The summed E-state index contributed by atoms with van der Waals surface area (Å²) in [7, 11) is 0. The van der Waals surface area contributed by atoms with Gasteiger partial charge in [-0.2, -0.15) is 0 Å². The molecule has 3 aromatic carbocycles. The minimum Gasteiger partial charge on any atom is -0.483 e. The third-order valence-corrected chi connectivity index (χ3v) is 6.27. The van der Waals surface area contributed by atoms with Gasteiger partial charge in [-0.3, -0.25) is 9.59 Å². The molecule has 1 atom stereocenters. The second-order valence-corrected chi connectivity index (χ2v) is 11.0. The summed E-state index contributed by atoms with van der Waals surface area (Å²) < 4.78 is 19.7. The fourth-order valence-corrected chi connectivity index (χ4v) is 4.20. The molecule has 6 heteroatoms. The number of carbonyl (C=O) groups excluding carboxylic acids is 2. The van der Waals surface area contributed by atoms with E-state index in [-0.39, 0.29) is 42.1 Å². The molecule has 0 spiro atoms. The van der Waals surface area contributed by atoms with Gasteiger partial charge in [0.25, 0.3) is 5.91 Å². The molecule has 5 nitrogen and oxygen atoms in total. The first-order valence-corrected chi connectivity index (χ1v) is 13.1. The second kappa shape index (κ2) is 13.2. The normalized spacial score (nSPS) is 12.2. The highest BCUT2D eigenvalue weighted by Gasteiger charge is 2.31. The zero-order valence-corrected chi connectivity index (χ0v) is 23.0. The first-order chi connectivity index (χ1) is 18.0. The van der Waals surface area contributed by atoms with Crippen LogP contribution in [0.4, 0.5) is 4.39 Å². The average Bonchev–Trinajstić information content (AvgIpc) is 2.89. The first kappa shape index (κ1) is 28.9. The minimum atomic E-state index is -0.768. The maximum atomic E-state index is 13.8. The van der Waals surface area contributed by atoms with Crippen LogP contribution in [0.5, 0.6) is 5.75 Å². The molecule has 0 aromatic heterocycles. The maximum absolute atomic E-state index is 13.8. The lowest BCUT2D eigenvalue weighted by atomic mass is 9.86. The Bertz CT molecular complexity index is 1190. The van der Waals surface area contributed by atoms with Gasteiger partial charge in [-0.25, -0.2) is 4.39 Å². The van der Waals surface area contributed by atoms with Gasteiger partial charge in [-0.15, -0.1) is 0 Å². The largest absolute Gasteiger partial charge is 0.483 e. The molecule has 0 aliphatic carbocycles. The lowest BCUT2D eigenvalue weighted by Gasteiger charge is -2.32. The van der Waals surface area contributed by atoms with Gasteiger partial charge in [0.05, 0.1) is 0 Å². The van der Waals surface area contributed by atoms with Crippen LogP contribution in [0, 0.1) is 11.7 Å². The molecule has 3 aromatic rings. The number of halogens is 1. The van der Waals surface area contributed by atoms with E-state index in [2.05, 4.69) is 26.1 Å². The second-order valence-electron chi connectivity index (χ2n) is 11.0. The topological polar surface area (TPSA) is 58.6 Å². The number of benzene rings is 3. The number of ether oxygens (including phenoxy) is 1. The fourth-order valence-electron chi connectivity index (χ4n) is 4.20. The lowest BCUT2D eigenvalue weighted by Crippen LogP contribution is -2.52. The minimum absolute atomic E-state index is 0.149. The van der Waals surface area contributed by atoms with Crippen LogP contribution in [-0.4, -0.2) is 35.9 Å². The Morgan fingerprint density at radius 2 is 1.53 bits per heavy atom. The molecule has 1 N–H and O–H groups in total. The first-order valence-electron chi connectivity index (χ1n) is 13.1. The van der Waals surface area contributed by atoms with Crippen molar-refractivity contribution in [2.45, 2.75) is 59.0 Å². The molecule has 0 unspecified atom stereocenters. The van der Waals surface area contributed by atoms with Gasteiger partial charge >= 0.3 is 0 Å². The fraction of sp³-hybridized carbons (Fsp3) is 0.375. The molecule has 0 heterocycles. The molecule has 0 bridgehead atoms. The Hall–Kier alpha value is -3.67. The zero-order valence-electron chi connectivity index (χ0n) is 23.0. The van der Waals surface area contributed by atoms with Gasteiger partial charge in [0, 0.05) is 19.5 Å². The third kappa shape index (κ3) is 8.44. The van der Waals surface area contributed by atoms with E-state index in [0.29, 0.717) is 18.7 Å². The number of nitrogens with zero attached hydrogens (tertiary/aromatic N) is 1. The summed E-state index contributed by atoms with van der Waals surface area (Å²) in [6, 6.07) is 22.5. The van der Waals surface area contributed by atoms with Crippen molar-refractivity contribution >= 4 is 11.8 Å². The van der Waals surface area contributed by atoms with Gasteiger partial charge < -0.3 is 15.0 Å². The van der Waals surface area contributed by atoms with E-state index in [1.54, 1.807) is 17.0 Å². The molecule has 0 saturated heterocycles. The van der Waals surface area contributed by atoms with Crippen LogP contribution >= 0.6 is 0 Å². The van der Waals surface area contributed by atoms with Crippen molar-refractivity contribution in [2.75, 3.05) is 13.2 Å². The Morgan fingerprint density at radius 1 is 0.895 bits per heavy atom. The molecule has 2 amide bonds. The van der Waals surface area contributed by atoms with E-state index < -0.39 is 6.04 Å². The summed E-state index contributed by atoms with van der Waals surface area (Å²) in [6.07, 6.45) is 0.344. The Morgan fingerprint density at radius 3 is 2.16 bits per heavy atom. The van der Waals surface area contributed by atoms with Crippen LogP contribution in [0.1, 0.15) is 51.3 Å². The molecule has 0 radical (unpaired) electrons. The van der Waals surface area contributed by atoms with Crippen molar-refractivity contribution in [2.24, 2.45) is 5.92 Å². The average molecular weight is 519 g/mol. The van der Waals surface area contributed by atoms with Crippen LogP contribution in [-0.2, 0) is 28.0 Å². The summed E-state index contributed by atoms with van der Waals surface area (Å²) in [5, 5.41) is 3.00. The van der Waals surface area contributed by atoms with Crippen LogP contribution in [0.3, 0.4) is 0 Å². The van der Waals surface area contributed by atoms with E-state index >= 15 is 0 Å². The Balaban J connectivity index is 1.93. The van der Waals surface area contributed by atoms with Crippen LogP contribution < -0.4 is 10.1 Å². The molecule has 202 valence electrons. The van der Waals surface area contributed by atoms with Crippen molar-refractivity contribution in [1.82, 2.24) is 10.2 Å². The van der Waals surface area contributed by atoms with Crippen molar-refractivity contribution in [3.8, 4) is 5.75 Å². The van der Waals surface area contributed by atoms with Crippen LogP contribution in [0.25, 0.3) is 0 Å². The molecule has 38 heavy (non-hydrogen) atoms. The Kier molecular flexibility index (Phi) is 10.1. The molecular formula is C32H39FN2O3. The number of carbonyl (C=O) groups is 2. The highest BCUT2D eigenvalue weighted by Crippen LogP contribution is 2.31. The number of hydrogen-bond donors (Lipinski definition) is 1. The van der Waals surface area contributed by atoms with Crippen LogP contribution in [0.2, 0.25) is 0 Å². The number of hydrogen-bond acceptors (Lipinski definition) is 3. The lowest BCUT2D eigenvalue weighted by molar-refractivity contribution is -0.142. The molecule has 0 fully saturated rings. The van der Waals surface area contributed by atoms with E-state index in [9.17, 15) is 14.0 Å². The monoisotopic (exact) mass is 518 g/mol. The standard InChI is InChI=1S/C32H39FN2O3/c1-23(2)20-34-31(37)28(19-24-11-7-6-8-12-24)35(21-25-15-17-26(33)18-16-25)30(36)22-38-29-14-10-9-13-27(29)32(3,4)5/h6-18,23,28H,19-22H2,1-5H3,(H,34,37)/t28-/m0/s1. The van der Waals surface area contributed by atoms with E-state index in [4.69, 9.17) is 4.74 Å². The van der Waals surface area contributed by atoms with E-state index in [1.165, 1.54) is 12.1 Å². The third-order valence-electron chi connectivity index (χ3n) is 6.27. The highest BCUT2D eigenvalue weighted by molar-refractivity contribution is 5.88. The van der Waals surface area contributed by atoms with Gasteiger partial charge in [0.1, 0.15) is 17.6 Å². The zero-order chi connectivity index (χ0) is 27.7. The molecule has 0 aliphatic rings. The predicted octanol–water partition coefficient (Wildman–Crippen LogP) is 5.91. The smallest absolute Gasteiger partial charge is 0.261 e. The van der Waals surface area contributed by atoms with E-state index in [0.717, 1.165) is 16.7 Å². The summed E-state index contributed by atoms with van der Waals surface area (Å²) in [5.41, 5.74) is 2.49. The van der Waals surface area contributed by atoms with Gasteiger partial charge in [0.15, 0.2) is 6.61 Å². The van der Waals surface area contributed by atoms with Crippen molar-refractivity contribution in [3.05, 3.63) is 101 Å². The molecule has 0 saturated carbocycles. The van der Waals surface area contributed by atoms with Gasteiger partial charge in [-0.05, 0) is 46.2 Å². The van der Waals surface area contributed by atoms with Crippen molar-refractivity contribution in [1.29, 1.82) is 0 Å². The number of rotatable bonds is 11. The van der Waals surface area contributed by atoms with E-state index in [1.807, 2.05) is 68.4 Å². The molecule has 0 aliphatic heterocycles. The molecular weight excluding hydrogens is 479 g/mol. The molecule has 3 rings (SSSR count). The van der Waals surface area contributed by atoms with Crippen LogP contribution in [0.15, 0.2) is 78.9 Å².